The lowest BCUT2D eigenvalue weighted by atomic mass is 9.93. The van der Waals surface area contributed by atoms with Crippen molar-refractivity contribution in [1.29, 1.82) is 0 Å². The Bertz CT molecular complexity index is 1660. The van der Waals surface area contributed by atoms with E-state index in [2.05, 4.69) is 29.4 Å². The number of anilines is 1. The highest BCUT2D eigenvalue weighted by atomic mass is 16.6. The molecule has 12 nitrogen and oxygen atoms in total. The molecule has 2 aliphatic heterocycles. The first-order valence-electron chi connectivity index (χ1n) is 14.6. The number of aromatic nitrogens is 6. The standard InChI is InChI=1S/C30H38N8O4/c1-18(2)25-31-21-9-7-8-10-22(21)38(25)29-33-26-24(27(34-29)36-11-13-41-14-12-36)32-23(35(26)6)15-20-16-37(17-20)28(40)30(4,5)42-19(3)39/h7-10,18,20H,11-17H2,1-6H3. The highest BCUT2D eigenvalue weighted by molar-refractivity contribution is 5.88. The summed E-state index contributed by atoms with van der Waals surface area (Å²) in [5, 5.41) is 0. The van der Waals surface area contributed by atoms with Crippen molar-refractivity contribution in [3.8, 4) is 5.95 Å². The lowest BCUT2D eigenvalue weighted by molar-refractivity contribution is -0.172. The molecule has 0 spiro atoms. The third-order valence-corrected chi connectivity index (χ3v) is 8.02. The topological polar surface area (TPSA) is 121 Å². The van der Waals surface area contributed by atoms with E-state index in [0.29, 0.717) is 38.7 Å². The third kappa shape index (κ3) is 4.97. The Morgan fingerprint density at radius 2 is 1.79 bits per heavy atom. The molecule has 1 aromatic carbocycles. The molecular weight excluding hydrogens is 536 g/mol. The Morgan fingerprint density at radius 3 is 2.48 bits per heavy atom. The molecule has 4 aromatic rings. The van der Waals surface area contributed by atoms with E-state index in [1.165, 1.54) is 6.92 Å². The van der Waals surface area contributed by atoms with Crippen molar-refractivity contribution >= 4 is 39.9 Å². The van der Waals surface area contributed by atoms with Crippen molar-refractivity contribution in [2.45, 2.75) is 52.6 Å². The molecule has 3 aromatic heterocycles. The Labute approximate surface area is 244 Å². The van der Waals surface area contributed by atoms with E-state index in [1.54, 1.807) is 18.7 Å². The van der Waals surface area contributed by atoms with Gasteiger partial charge in [0.25, 0.3) is 5.91 Å². The fourth-order valence-electron chi connectivity index (χ4n) is 5.91. The van der Waals surface area contributed by atoms with Crippen LogP contribution in [0, 0.1) is 5.92 Å². The van der Waals surface area contributed by atoms with Gasteiger partial charge in [0.1, 0.15) is 11.6 Å². The first-order chi connectivity index (χ1) is 20.0. The summed E-state index contributed by atoms with van der Waals surface area (Å²) >= 11 is 0. The van der Waals surface area contributed by atoms with Gasteiger partial charge in [0.05, 0.1) is 24.2 Å². The van der Waals surface area contributed by atoms with Crippen LogP contribution in [0.25, 0.3) is 28.1 Å². The predicted octanol–water partition coefficient (Wildman–Crippen LogP) is 3.00. The van der Waals surface area contributed by atoms with Gasteiger partial charge >= 0.3 is 5.97 Å². The van der Waals surface area contributed by atoms with Gasteiger partial charge in [-0.3, -0.25) is 14.2 Å². The second kappa shape index (κ2) is 10.6. The minimum Gasteiger partial charge on any atom is -0.450 e. The molecule has 0 radical (unpaired) electrons. The SMILES string of the molecule is CC(=O)OC(C)(C)C(=O)N1CC(Cc2nc3c(N4CCOCC4)nc(-n4c(C(C)C)nc5ccccc54)nc3n2C)C1. The number of nitrogens with zero attached hydrogens (tertiary/aromatic N) is 8. The summed E-state index contributed by atoms with van der Waals surface area (Å²) in [5.41, 5.74) is 2.21. The number of hydrogen-bond acceptors (Lipinski definition) is 9. The first kappa shape index (κ1) is 28.1. The number of carbonyl (C=O) groups is 2. The first-order valence-corrected chi connectivity index (χ1v) is 14.6. The van der Waals surface area contributed by atoms with Crippen LogP contribution in [0.15, 0.2) is 24.3 Å². The molecule has 2 fully saturated rings. The van der Waals surface area contributed by atoms with Crippen molar-refractivity contribution in [3.63, 3.8) is 0 Å². The average Bonchev–Trinajstić information content (AvgIpc) is 3.47. The second-order valence-corrected chi connectivity index (χ2v) is 12.0. The highest BCUT2D eigenvalue weighted by Gasteiger charge is 2.41. The van der Waals surface area contributed by atoms with E-state index >= 15 is 0 Å². The van der Waals surface area contributed by atoms with E-state index in [4.69, 9.17) is 29.4 Å². The van der Waals surface area contributed by atoms with Crippen LogP contribution in [0.4, 0.5) is 5.82 Å². The predicted molar refractivity (Wildman–Crippen MR) is 158 cm³/mol. The van der Waals surface area contributed by atoms with Gasteiger partial charge in [0.2, 0.25) is 5.95 Å². The van der Waals surface area contributed by atoms with E-state index in [9.17, 15) is 9.59 Å². The Balaban J connectivity index is 1.36. The van der Waals surface area contributed by atoms with Crippen LogP contribution in [-0.2, 0) is 32.5 Å². The molecule has 42 heavy (non-hydrogen) atoms. The minimum atomic E-state index is -1.18. The number of carbonyl (C=O) groups excluding carboxylic acids is 2. The Morgan fingerprint density at radius 1 is 1.07 bits per heavy atom. The average molecular weight is 575 g/mol. The summed E-state index contributed by atoms with van der Waals surface area (Å²) in [6.45, 7) is 12.7. The van der Waals surface area contributed by atoms with Crippen LogP contribution in [0.2, 0.25) is 0 Å². The molecule has 2 aliphatic rings. The molecule has 0 N–H and O–H groups in total. The van der Waals surface area contributed by atoms with Gasteiger partial charge in [-0.05, 0) is 26.0 Å². The molecule has 12 heteroatoms. The van der Waals surface area contributed by atoms with E-state index in [0.717, 1.165) is 52.8 Å². The molecule has 0 aliphatic carbocycles. The monoisotopic (exact) mass is 574 g/mol. The van der Waals surface area contributed by atoms with E-state index in [-0.39, 0.29) is 17.7 Å². The maximum atomic E-state index is 12.9. The van der Waals surface area contributed by atoms with Crippen LogP contribution in [-0.4, -0.2) is 90.8 Å². The van der Waals surface area contributed by atoms with Crippen molar-refractivity contribution in [2.75, 3.05) is 44.3 Å². The number of morpholine rings is 1. The zero-order valence-electron chi connectivity index (χ0n) is 25.1. The van der Waals surface area contributed by atoms with Crippen LogP contribution >= 0.6 is 0 Å². The minimum absolute atomic E-state index is 0.167. The molecule has 1 amide bonds. The van der Waals surface area contributed by atoms with Crippen molar-refractivity contribution in [3.05, 3.63) is 35.9 Å². The number of rotatable bonds is 7. The summed E-state index contributed by atoms with van der Waals surface area (Å²) in [4.78, 5) is 48.5. The zero-order chi connectivity index (χ0) is 29.8. The molecule has 0 bridgehead atoms. The number of benzene rings is 1. The largest absolute Gasteiger partial charge is 0.450 e. The van der Waals surface area contributed by atoms with Gasteiger partial charge in [-0.15, -0.1) is 0 Å². The number of aryl methyl sites for hydroxylation is 1. The fraction of sp³-hybridized carbons (Fsp3) is 0.533. The molecule has 5 heterocycles. The number of esters is 1. The Kier molecular flexibility index (Phi) is 7.12. The summed E-state index contributed by atoms with van der Waals surface area (Å²) in [6, 6.07) is 8.07. The second-order valence-electron chi connectivity index (χ2n) is 12.0. The summed E-state index contributed by atoms with van der Waals surface area (Å²) in [5.74, 6) is 2.92. The smallest absolute Gasteiger partial charge is 0.303 e. The normalized spacial score (nSPS) is 16.5. The van der Waals surface area contributed by atoms with Gasteiger partial charge in [-0.2, -0.15) is 9.97 Å². The molecule has 0 unspecified atom stereocenters. The lowest BCUT2D eigenvalue weighted by Crippen LogP contribution is -2.57. The van der Waals surface area contributed by atoms with Gasteiger partial charge in [0, 0.05) is 58.4 Å². The van der Waals surface area contributed by atoms with Gasteiger partial charge in [0.15, 0.2) is 22.6 Å². The molecule has 6 rings (SSSR count). The number of imidazole rings is 2. The number of amides is 1. The van der Waals surface area contributed by atoms with Crippen LogP contribution in [0.5, 0.6) is 0 Å². The molecule has 222 valence electrons. The number of likely N-dealkylation sites (tertiary alicyclic amines) is 1. The summed E-state index contributed by atoms with van der Waals surface area (Å²) in [6.07, 6.45) is 0.688. The van der Waals surface area contributed by atoms with E-state index in [1.807, 2.05) is 29.8 Å². The van der Waals surface area contributed by atoms with Gasteiger partial charge < -0.3 is 23.8 Å². The quantitative estimate of drug-likeness (QED) is 0.307. The number of para-hydroxylation sites is 2. The van der Waals surface area contributed by atoms with Crippen LogP contribution in [0.1, 0.15) is 52.2 Å². The fourth-order valence-corrected chi connectivity index (χ4v) is 5.91. The van der Waals surface area contributed by atoms with Crippen molar-refractivity contribution < 1.29 is 19.1 Å². The van der Waals surface area contributed by atoms with Crippen LogP contribution in [0.3, 0.4) is 0 Å². The third-order valence-electron chi connectivity index (χ3n) is 8.02. The van der Waals surface area contributed by atoms with Crippen molar-refractivity contribution in [1.82, 2.24) is 34.0 Å². The molecule has 2 saturated heterocycles. The van der Waals surface area contributed by atoms with Crippen LogP contribution < -0.4 is 4.90 Å². The molecular formula is C30H38N8O4. The maximum absolute atomic E-state index is 12.9. The summed E-state index contributed by atoms with van der Waals surface area (Å²) < 4.78 is 15.0. The molecule has 0 saturated carbocycles. The highest BCUT2D eigenvalue weighted by Crippen LogP contribution is 2.31. The maximum Gasteiger partial charge on any atom is 0.303 e. The number of hydrogen-bond donors (Lipinski definition) is 0. The zero-order valence-corrected chi connectivity index (χ0v) is 25.1. The van der Waals surface area contributed by atoms with Crippen molar-refractivity contribution in [2.24, 2.45) is 13.0 Å². The van der Waals surface area contributed by atoms with Gasteiger partial charge in [-0.1, -0.05) is 26.0 Å². The number of fused-ring (bicyclic) bond motifs is 2. The molecule has 0 atom stereocenters. The van der Waals surface area contributed by atoms with E-state index < -0.39 is 11.6 Å². The van der Waals surface area contributed by atoms with Gasteiger partial charge in [-0.25, -0.2) is 9.97 Å². The Hall–Kier alpha value is -4.06. The number of ether oxygens (including phenoxy) is 2. The summed E-state index contributed by atoms with van der Waals surface area (Å²) in [7, 11) is 1.99. The lowest BCUT2D eigenvalue weighted by Gasteiger charge is -2.42.